The predicted octanol–water partition coefficient (Wildman–Crippen LogP) is 2.69. The van der Waals surface area contributed by atoms with Gasteiger partial charge in [-0.2, -0.15) is 0 Å². The van der Waals surface area contributed by atoms with Gasteiger partial charge in [-0.3, -0.25) is 0 Å². The van der Waals surface area contributed by atoms with E-state index < -0.39 is 5.60 Å². The first-order valence-corrected chi connectivity index (χ1v) is 11.5. The number of aromatic nitrogens is 4. The fourth-order valence-corrected chi connectivity index (χ4v) is 5.59. The van der Waals surface area contributed by atoms with Gasteiger partial charge in [0.15, 0.2) is 0 Å². The Hall–Kier alpha value is -2.97. The Morgan fingerprint density at radius 2 is 1.78 bits per heavy atom. The van der Waals surface area contributed by atoms with Crippen LogP contribution in [0.1, 0.15) is 45.2 Å². The van der Waals surface area contributed by atoms with E-state index in [0.29, 0.717) is 23.8 Å². The molecule has 3 atom stereocenters. The number of nitrogens with zero attached hydrogens (tertiary/aromatic N) is 6. The number of hydrogen-bond donors (Lipinski definition) is 1. The largest absolute Gasteiger partial charge is 0.444 e. The Morgan fingerprint density at radius 1 is 1.09 bits per heavy atom. The van der Waals surface area contributed by atoms with Crippen molar-refractivity contribution in [3.05, 3.63) is 24.2 Å². The van der Waals surface area contributed by atoms with E-state index in [0.717, 1.165) is 48.5 Å². The van der Waals surface area contributed by atoms with Gasteiger partial charge in [-0.25, -0.2) is 24.7 Å². The highest BCUT2D eigenvalue weighted by Gasteiger charge is 2.58. The zero-order valence-corrected chi connectivity index (χ0v) is 18.7. The van der Waals surface area contributed by atoms with Crippen molar-refractivity contribution in [3.8, 4) is 11.3 Å². The minimum absolute atomic E-state index is 0.219. The molecule has 2 N–H and O–H groups in total. The molecule has 2 bridgehead atoms. The van der Waals surface area contributed by atoms with Crippen LogP contribution in [0.25, 0.3) is 11.3 Å². The van der Waals surface area contributed by atoms with Gasteiger partial charge in [0.2, 0.25) is 11.9 Å². The molecule has 168 valence electrons. The molecule has 9 nitrogen and oxygen atoms in total. The summed E-state index contributed by atoms with van der Waals surface area (Å²) in [6.07, 6.45) is 5.71. The molecule has 2 aromatic heterocycles. The quantitative estimate of drug-likeness (QED) is 0.783. The number of ether oxygens (including phenoxy) is 1. The lowest BCUT2D eigenvalue weighted by Gasteiger charge is -2.27. The Morgan fingerprint density at radius 3 is 2.38 bits per heavy atom. The predicted molar refractivity (Wildman–Crippen MR) is 119 cm³/mol. The summed E-state index contributed by atoms with van der Waals surface area (Å²) >= 11 is 0. The second kappa shape index (κ2) is 6.76. The molecular formula is C23H29N7O2. The second-order valence-corrected chi connectivity index (χ2v) is 10.7. The standard InChI is InChI=1S/C23H29N7O2/c1-23(2,3)32-22(31)29-10-15-16(11-29)19(15)18-6-17(13-7-25-20(24)26-8-13)27-21(28-18)30-9-12-4-14(30)5-12/h6-8,12,14-16,19H,4-5,9-11H2,1-3H3,(H2,24,25,26)/t12?,14?,15-,16?,19?/m0/s1. The van der Waals surface area contributed by atoms with Gasteiger partial charge in [-0.15, -0.1) is 0 Å². The zero-order chi connectivity index (χ0) is 22.2. The molecule has 0 radical (unpaired) electrons. The summed E-state index contributed by atoms with van der Waals surface area (Å²) in [5.74, 6) is 3.04. The maximum Gasteiger partial charge on any atom is 0.410 e. The van der Waals surface area contributed by atoms with Crippen molar-refractivity contribution in [2.75, 3.05) is 30.3 Å². The maximum atomic E-state index is 12.5. The average molecular weight is 436 g/mol. The third kappa shape index (κ3) is 3.34. The first-order chi connectivity index (χ1) is 15.2. The number of carbonyl (C=O) groups is 1. The van der Waals surface area contributed by atoms with Crippen LogP contribution in [0.5, 0.6) is 0 Å². The summed E-state index contributed by atoms with van der Waals surface area (Å²) in [5.41, 5.74) is 7.94. The molecule has 3 saturated heterocycles. The van der Waals surface area contributed by atoms with Gasteiger partial charge in [0, 0.05) is 49.6 Å². The monoisotopic (exact) mass is 435 g/mol. The average Bonchev–Trinajstić information content (AvgIpc) is 3.13. The topological polar surface area (TPSA) is 110 Å². The molecule has 5 heterocycles. The van der Waals surface area contributed by atoms with Crippen molar-refractivity contribution < 1.29 is 9.53 Å². The summed E-state index contributed by atoms with van der Waals surface area (Å²) in [5, 5.41) is 0. The third-order valence-corrected chi connectivity index (χ3v) is 7.25. The molecule has 7 rings (SSSR count). The number of nitrogen functional groups attached to an aromatic ring is 1. The number of anilines is 2. The molecular weight excluding hydrogens is 406 g/mol. The Labute approximate surface area is 187 Å². The van der Waals surface area contributed by atoms with Gasteiger partial charge in [-0.1, -0.05) is 0 Å². The number of amides is 1. The Balaban J connectivity index is 1.26. The van der Waals surface area contributed by atoms with Crippen molar-refractivity contribution >= 4 is 18.0 Å². The van der Waals surface area contributed by atoms with Crippen LogP contribution in [0.3, 0.4) is 0 Å². The Bertz CT molecular complexity index is 1050. The van der Waals surface area contributed by atoms with Gasteiger partial charge in [0.1, 0.15) is 5.60 Å². The fraction of sp³-hybridized carbons (Fsp3) is 0.609. The van der Waals surface area contributed by atoms with Crippen LogP contribution in [0.15, 0.2) is 18.5 Å². The highest BCUT2D eigenvalue weighted by atomic mass is 16.6. The van der Waals surface area contributed by atoms with Gasteiger partial charge < -0.3 is 20.3 Å². The first kappa shape index (κ1) is 19.7. The lowest BCUT2D eigenvalue weighted by Crippen LogP contribution is -2.37. The molecule has 9 heteroatoms. The van der Waals surface area contributed by atoms with Crippen molar-refractivity contribution in [1.29, 1.82) is 0 Å². The molecule has 2 saturated carbocycles. The van der Waals surface area contributed by atoms with Gasteiger partial charge in [0.05, 0.1) is 11.4 Å². The van der Waals surface area contributed by atoms with Crippen LogP contribution in [0.2, 0.25) is 0 Å². The number of hydrogen-bond acceptors (Lipinski definition) is 8. The van der Waals surface area contributed by atoms with E-state index in [1.165, 1.54) is 12.8 Å². The molecule has 3 aliphatic heterocycles. The normalized spacial score (nSPS) is 30.2. The van der Waals surface area contributed by atoms with Crippen LogP contribution in [0, 0.1) is 17.8 Å². The summed E-state index contributed by atoms with van der Waals surface area (Å²) in [7, 11) is 0. The van der Waals surface area contributed by atoms with E-state index in [4.69, 9.17) is 20.4 Å². The zero-order valence-electron chi connectivity index (χ0n) is 18.7. The number of piperidine rings is 1. The first-order valence-electron chi connectivity index (χ1n) is 11.5. The molecule has 2 unspecified atom stereocenters. The van der Waals surface area contributed by atoms with Crippen molar-refractivity contribution in [3.63, 3.8) is 0 Å². The summed E-state index contributed by atoms with van der Waals surface area (Å²) < 4.78 is 5.55. The van der Waals surface area contributed by atoms with Gasteiger partial charge in [-0.05, 0) is 57.4 Å². The van der Waals surface area contributed by atoms with Crippen LogP contribution in [-0.2, 0) is 4.74 Å². The van der Waals surface area contributed by atoms with E-state index in [-0.39, 0.29) is 12.0 Å². The lowest BCUT2D eigenvalue weighted by molar-refractivity contribution is 0.0270. The van der Waals surface area contributed by atoms with E-state index in [2.05, 4.69) is 20.9 Å². The van der Waals surface area contributed by atoms with Gasteiger partial charge in [0.25, 0.3) is 0 Å². The molecule has 2 aromatic rings. The number of likely N-dealkylation sites (tertiary alicyclic amines) is 1. The molecule has 5 aliphatic rings. The highest BCUT2D eigenvalue weighted by molar-refractivity contribution is 5.69. The third-order valence-electron chi connectivity index (χ3n) is 7.25. The van der Waals surface area contributed by atoms with Crippen molar-refractivity contribution in [1.82, 2.24) is 24.8 Å². The van der Waals surface area contributed by atoms with Crippen molar-refractivity contribution in [2.45, 2.75) is 51.2 Å². The second-order valence-electron chi connectivity index (χ2n) is 10.7. The van der Waals surface area contributed by atoms with E-state index in [1.807, 2.05) is 25.7 Å². The summed E-state index contributed by atoms with van der Waals surface area (Å²) in [6, 6.07) is 2.63. The van der Waals surface area contributed by atoms with E-state index in [1.54, 1.807) is 12.4 Å². The molecule has 32 heavy (non-hydrogen) atoms. The van der Waals surface area contributed by atoms with Crippen LogP contribution >= 0.6 is 0 Å². The van der Waals surface area contributed by atoms with Crippen molar-refractivity contribution in [2.24, 2.45) is 17.8 Å². The summed E-state index contributed by atoms with van der Waals surface area (Å²) in [6.45, 7) is 8.18. The number of carbonyl (C=O) groups excluding carboxylic acids is 1. The fourth-order valence-electron chi connectivity index (χ4n) is 5.59. The lowest BCUT2D eigenvalue weighted by atomic mass is 9.86. The molecule has 0 aromatic carbocycles. The van der Waals surface area contributed by atoms with E-state index in [9.17, 15) is 4.79 Å². The van der Waals surface area contributed by atoms with Gasteiger partial charge >= 0.3 is 6.09 Å². The van der Waals surface area contributed by atoms with Crippen LogP contribution in [0.4, 0.5) is 16.7 Å². The van der Waals surface area contributed by atoms with Crippen LogP contribution < -0.4 is 10.6 Å². The molecule has 2 aliphatic carbocycles. The molecule has 5 fully saturated rings. The molecule has 1 amide bonds. The number of fused-ring (bicyclic) bond motifs is 2. The highest BCUT2D eigenvalue weighted by Crippen LogP contribution is 2.58. The minimum Gasteiger partial charge on any atom is -0.444 e. The number of rotatable bonds is 3. The van der Waals surface area contributed by atoms with Crippen LogP contribution in [-0.4, -0.2) is 62.2 Å². The SMILES string of the molecule is CC(C)(C)OC(=O)N1CC2C(c3cc(-c4cnc(N)nc4)nc(N4CC5CC4C5)n3)[C@H]2C1. The summed E-state index contributed by atoms with van der Waals surface area (Å²) in [4.78, 5) is 34.9. The molecule has 0 spiro atoms. The number of nitrogens with two attached hydrogens (primary N) is 1. The smallest absolute Gasteiger partial charge is 0.410 e. The maximum absolute atomic E-state index is 12.5. The minimum atomic E-state index is -0.475. The van der Waals surface area contributed by atoms with E-state index >= 15 is 0 Å². The Kier molecular flexibility index (Phi) is 4.16.